The van der Waals surface area contributed by atoms with E-state index in [4.69, 9.17) is 4.74 Å². The molecule has 0 radical (unpaired) electrons. The lowest BCUT2D eigenvalue weighted by atomic mass is 10.1. The second kappa shape index (κ2) is 6.08. The molecule has 2 atom stereocenters. The highest BCUT2D eigenvalue weighted by atomic mass is 16.5. The van der Waals surface area contributed by atoms with E-state index in [9.17, 15) is 5.11 Å². The molecule has 2 unspecified atom stereocenters. The van der Waals surface area contributed by atoms with Crippen LogP contribution in [0.3, 0.4) is 0 Å². The predicted molar refractivity (Wildman–Crippen MR) is 77.7 cm³/mol. The Hall–Kier alpha value is -1.17. The molecule has 110 valence electrons. The summed E-state index contributed by atoms with van der Waals surface area (Å²) in [7, 11) is 0. The van der Waals surface area contributed by atoms with E-state index in [0.29, 0.717) is 19.2 Å². The molecule has 1 aliphatic carbocycles. The number of morpholine rings is 1. The number of hydrogen-bond acceptors (Lipinski definition) is 5. The van der Waals surface area contributed by atoms with Gasteiger partial charge in [0.2, 0.25) is 0 Å². The van der Waals surface area contributed by atoms with Gasteiger partial charge in [0, 0.05) is 30.9 Å². The highest BCUT2D eigenvalue weighted by Gasteiger charge is 2.28. The summed E-state index contributed by atoms with van der Waals surface area (Å²) in [5.74, 6) is 1.02. The third-order valence-corrected chi connectivity index (χ3v) is 4.01. The maximum atomic E-state index is 9.31. The molecule has 2 fully saturated rings. The van der Waals surface area contributed by atoms with Crippen molar-refractivity contribution in [2.75, 3.05) is 24.7 Å². The molecule has 0 amide bonds. The number of nitrogens with zero attached hydrogens (tertiary/aromatic N) is 2. The maximum Gasteiger partial charge on any atom is 0.133 e. The normalized spacial score (nSPS) is 26.8. The number of rotatable bonds is 5. The van der Waals surface area contributed by atoms with Gasteiger partial charge in [-0.2, -0.15) is 0 Å². The number of ether oxygens (including phenoxy) is 1. The molecule has 3 rings (SSSR count). The smallest absolute Gasteiger partial charge is 0.133 e. The van der Waals surface area contributed by atoms with Crippen molar-refractivity contribution >= 4 is 5.82 Å². The van der Waals surface area contributed by atoms with Gasteiger partial charge >= 0.3 is 0 Å². The summed E-state index contributed by atoms with van der Waals surface area (Å²) in [6.07, 6.45) is 4.30. The summed E-state index contributed by atoms with van der Waals surface area (Å²) in [4.78, 5) is 6.83. The van der Waals surface area contributed by atoms with Crippen LogP contribution >= 0.6 is 0 Å². The van der Waals surface area contributed by atoms with Gasteiger partial charge in [-0.15, -0.1) is 0 Å². The molecule has 20 heavy (non-hydrogen) atoms. The summed E-state index contributed by atoms with van der Waals surface area (Å²) < 4.78 is 5.60. The lowest BCUT2D eigenvalue weighted by molar-refractivity contribution is -0.0106. The molecule has 0 bridgehead atoms. The van der Waals surface area contributed by atoms with Crippen molar-refractivity contribution in [1.29, 1.82) is 0 Å². The molecule has 1 aromatic rings. The fraction of sp³-hybridized carbons (Fsp3) is 0.667. The van der Waals surface area contributed by atoms with Crippen LogP contribution in [0.4, 0.5) is 5.82 Å². The van der Waals surface area contributed by atoms with Crippen LogP contribution < -0.4 is 10.2 Å². The SMILES string of the molecule is CC1COC(CO)CN1c1ncccc1CNC1CC1. The zero-order valence-electron chi connectivity index (χ0n) is 12.0. The number of nitrogens with one attached hydrogen (secondary N) is 1. The standard InChI is InChI=1S/C15H23N3O2/c1-11-10-20-14(9-19)8-18(11)15-12(3-2-6-16-15)7-17-13-4-5-13/h2-3,6,11,13-14,17,19H,4-5,7-10H2,1H3. The van der Waals surface area contributed by atoms with Gasteiger partial charge in [-0.1, -0.05) is 6.07 Å². The van der Waals surface area contributed by atoms with Crippen LogP contribution in [0.5, 0.6) is 0 Å². The molecule has 1 saturated heterocycles. The van der Waals surface area contributed by atoms with Crippen molar-refractivity contribution in [2.24, 2.45) is 0 Å². The lowest BCUT2D eigenvalue weighted by Crippen LogP contribution is -2.50. The van der Waals surface area contributed by atoms with Crippen LogP contribution in [0.2, 0.25) is 0 Å². The Labute approximate surface area is 120 Å². The average Bonchev–Trinajstić information content (AvgIpc) is 3.30. The van der Waals surface area contributed by atoms with Crippen LogP contribution in [0.15, 0.2) is 18.3 Å². The summed E-state index contributed by atoms with van der Waals surface area (Å²) in [5, 5.41) is 12.9. The van der Waals surface area contributed by atoms with E-state index < -0.39 is 0 Å². The summed E-state index contributed by atoms with van der Waals surface area (Å²) in [6, 6.07) is 5.10. The third kappa shape index (κ3) is 3.11. The first-order valence-corrected chi connectivity index (χ1v) is 7.44. The monoisotopic (exact) mass is 277 g/mol. The largest absolute Gasteiger partial charge is 0.394 e. The molecule has 0 aromatic carbocycles. The molecule has 5 nitrogen and oxygen atoms in total. The first-order chi connectivity index (χ1) is 9.78. The van der Waals surface area contributed by atoms with Crippen molar-refractivity contribution in [2.45, 2.75) is 44.5 Å². The van der Waals surface area contributed by atoms with Gasteiger partial charge < -0.3 is 20.1 Å². The molecule has 2 heterocycles. The van der Waals surface area contributed by atoms with Gasteiger partial charge in [-0.25, -0.2) is 4.98 Å². The zero-order valence-corrected chi connectivity index (χ0v) is 12.0. The number of anilines is 1. The summed E-state index contributed by atoms with van der Waals surface area (Å²) in [5.41, 5.74) is 1.23. The summed E-state index contributed by atoms with van der Waals surface area (Å²) in [6.45, 7) is 4.40. The number of aliphatic hydroxyl groups is 1. The topological polar surface area (TPSA) is 57.6 Å². The second-order valence-corrected chi connectivity index (χ2v) is 5.78. The Bertz CT molecular complexity index is 450. The van der Waals surface area contributed by atoms with E-state index in [1.54, 1.807) is 0 Å². The van der Waals surface area contributed by atoms with E-state index in [1.165, 1.54) is 18.4 Å². The van der Waals surface area contributed by atoms with Gasteiger partial charge in [-0.3, -0.25) is 0 Å². The lowest BCUT2D eigenvalue weighted by Gasteiger charge is -2.39. The fourth-order valence-corrected chi connectivity index (χ4v) is 2.59. The Kier molecular flexibility index (Phi) is 4.19. The van der Waals surface area contributed by atoms with Crippen molar-refractivity contribution in [1.82, 2.24) is 10.3 Å². The van der Waals surface area contributed by atoms with Gasteiger partial charge in [0.05, 0.1) is 25.4 Å². The van der Waals surface area contributed by atoms with E-state index in [-0.39, 0.29) is 18.8 Å². The predicted octanol–water partition coefficient (Wildman–Crippen LogP) is 0.920. The Morgan fingerprint density at radius 1 is 1.50 bits per heavy atom. The van der Waals surface area contributed by atoms with Gasteiger partial charge in [0.15, 0.2) is 0 Å². The molecule has 2 N–H and O–H groups in total. The highest BCUT2D eigenvalue weighted by molar-refractivity contribution is 5.48. The number of pyridine rings is 1. The second-order valence-electron chi connectivity index (χ2n) is 5.78. The molecular formula is C15H23N3O2. The quantitative estimate of drug-likeness (QED) is 0.838. The minimum Gasteiger partial charge on any atom is -0.394 e. The van der Waals surface area contributed by atoms with Gasteiger partial charge in [-0.05, 0) is 25.8 Å². The Morgan fingerprint density at radius 3 is 3.10 bits per heavy atom. The van der Waals surface area contributed by atoms with E-state index >= 15 is 0 Å². The first-order valence-electron chi connectivity index (χ1n) is 7.44. The Morgan fingerprint density at radius 2 is 2.35 bits per heavy atom. The number of hydrogen-bond donors (Lipinski definition) is 2. The Balaban J connectivity index is 1.76. The van der Waals surface area contributed by atoms with E-state index in [1.807, 2.05) is 12.3 Å². The maximum absolute atomic E-state index is 9.31. The average molecular weight is 277 g/mol. The van der Waals surface area contributed by atoms with Crippen LogP contribution in [-0.4, -0.2) is 48.0 Å². The molecular weight excluding hydrogens is 254 g/mol. The van der Waals surface area contributed by atoms with Gasteiger partial charge in [0.1, 0.15) is 5.82 Å². The molecule has 1 saturated carbocycles. The van der Waals surface area contributed by atoms with Crippen molar-refractivity contribution in [3.05, 3.63) is 23.9 Å². The highest BCUT2D eigenvalue weighted by Crippen LogP contribution is 2.25. The summed E-state index contributed by atoms with van der Waals surface area (Å²) >= 11 is 0. The first kappa shape index (κ1) is 13.8. The zero-order chi connectivity index (χ0) is 13.9. The van der Waals surface area contributed by atoms with Crippen molar-refractivity contribution < 1.29 is 9.84 Å². The van der Waals surface area contributed by atoms with Crippen LogP contribution in [0, 0.1) is 0 Å². The van der Waals surface area contributed by atoms with Gasteiger partial charge in [0.25, 0.3) is 0 Å². The molecule has 1 aliphatic heterocycles. The van der Waals surface area contributed by atoms with Crippen molar-refractivity contribution in [3.63, 3.8) is 0 Å². The minimum atomic E-state index is -0.113. The number of aromatic nitrogens is 1. The molecule has 0 spiro atoms. The minimum absolute atomic E-state index is 0.0612. The van der Waals surface area contributed by atoms with E-state index in [0.717, 1.165) is 12.4 Å². The number of aliphatic hydroxyl groups excluding tert-OH is 1. The fourth-order valence-electron chi connectivity index (χ4n) is 2.59. The molecule has 5 heteroatoms. The van der Waals surface area contributed by atoms with Crippen LogP contribution in [0.25, 0.3) is 0 Å². The van der Waals surface area contributed by atoms with Crippen LogP contribution in [0.1, 0.15) is 25.3 Å². The molecule has 1 aromatic heterocycles. The third-order valence-electron chi connectivity index (χ3n) is 4.01. The van der Waals surface area contributed by atoms with Crippen LogP contribution in [-0.2, 0) is 11.3 Å². The van der Waals surface area contributed by atoms with Crippen molar-refractivity contribution in [3.8, 4) is 0 Å². The molecule has 2 aliphatic rings. The van der Waals surface area contributed by atoms with E-state index in [2.05, 4.69) is 28.2 Å².